The predicted molar refractivity (Wildman–Crippen MR) is 61.5 cm³/mol. The number of rotatable bonds is 5. The van der Waals surface area contributed by atoms with Crippen molar-refractivity contribution < 1.29 is 4.52 Å². The maximum absolute atomic E-state index is 4.62. The van der Waals surface area contributed by atoms with Crippen LogP contribution in [0, 0.1) is 0 Å². The van der Waals surface area contributed by atoms with Gasteiger partial charge in [0.25, 0.3) is 0 Å². The minimum atomic E-state index is 0.621. The number of hydrogen-bond acceptors (Lipinski definition) is 4. The van der Waals surface area contributed by atoms with Crippen LogP contribution < -0.4 is 5.32 Å². The molecule has 0 saturated carbocycles. The van der Waals surface area contributed by atoms with E-state index < -0.39 is 0 Å². The largest absolute Gasteiger partial charge is 0.343 e. The molecule has 0 unspecified atom stereocenters. The maximum atomic E-state index is 4.62. The normalized spacial score (nSPS) is 11.0. The molecule has 0 spiro atoms. The lowest BCUT2D eigenvalue weighted by Crippen LogP contribution is -2.13. The van der Waals surface area contributed by atoms with Gasteiger partial charge in [-0.3, -0.25) is 0 Å². The van der Waals surface area contributed by atoms with E-state index in [0.717, 1.165) is 6.54 Å². The Morgan fingerprint density at radius 2 is 2.12 bits per heavy atom. The van der Waals surface area contributed by atoms with E-state index >= 15 is 0 Å². The zero-order chi connectivity index (χ0) is 11.1. The van der Waals surface area contributed by atoms with Gasteiger partial charge >= 0.3 is 0 Å². The molecular weight excluding hydrogens is 202 g/mol. The van der Waals surface area contributed by atoms with E-state index in [1.54, 1.807) is 0 Å². The van der Waals surface area contributed by atoms with Crippen LogP contribution in [0.3, 0.4) is 0 Å². The molecule has 16 heavy (non-hydrogen) atoms. The number of hydrogen-bond donors (Lipinski definition) is 1. The summed E-state index contributed by atoms with van der Waals surface area (Å²) in [6, 6.07) is 10.2. The van der Waals surface area contributed by atoms with Crippen molar-refractivity contribution in [3.63, 3.8) is 0 Å². The van der Waals surface area contributed by atoms with Crippen molar-refractivity contribution in [3.05, 3.63) is 54.2 Å². The monoisotopic (exact) mass is 215 g/mol. The fourth-order valence-electron chi connectivity index (χ4n) is 1.30. The van der Waals surface area contributed by atoms with Crippen molar-refractivity contribution in [2.75, 3.05) is 6.54 Å². The fourth-order valence-corrected chi connectivity index (χ4v) is 1.30. The number of aromatic nitrogens is 2. The average molecular weight is 215 g/mol. The van der Waals surface area contributed by atoms with Gasteiger partial charge in [0.15, 0.2) is 5.82 Å². The van der Waals surface area contributed by atoms with Gasteiger partial charge in [0, 0.05) is 6.54 Å². The highest BCUT2D eigenvalue weighted by Gasteiger charge is 1.94. The van der Waals surface area contributed by atoms with E-state index in [1.807, 2.05) is 18.2 Å². The molecule has 0 saturated heterocycles. The summed E-state index contributed by atoms with van der Waals surface area (Å²) in [6.07, 6.45) is 5.47. The summed E-state index contributed by atoms with van der Waals surface area (Å²) in [5.41, 5.74) is 1.20. The van der Waals surface area contributed by atoms with E-state index in [4.69, 9.17) is 0 Å². The standard InChI is InChI=1S/C12H13N3O/c1-2-5-11(6-3-1)7-4-8-13-9-12-14-10-16-15-12/h1-7,10,13H,8-9H2/b7-4+. The third-order valence-electron chi connectivity index (χ3n) is 2.06. The Balaban J connectivity index is 1.70. The average Bonchev–Trinajstić information content (AvgIpc) is 2.83. The van der Waals surface area contributed by atoms with Crippen LogP contribution in [-0.4, -0.2) is 16.7 Å². The Hall–Kier alpha value is -1.94. The van der Waals surface area contributed by atoms with Gasteiger partial charge in [-0.15, -0.1) is 0 Å². The molecule has 0 atom stereocenters. The molecule has 0 aliphatic rings. The Morgan fingerprint density at radius 3 is 2.88 bits per heavy atom. The van der Waals surface area contributed by atoms with E-state index in [9.17, 15) is 0 Å². The predicted octanol–water partition coefficient (Wildman–Crippen LogP) is 1.87. The second-order valence-electron chi connectivity index (χ2n) is 3.29. The number of benzene rings is 1. The zero-order valence-corrected chi connectivity index (χ0v) is 8.84. The third kappa shape index (κ3) is 3.33. The van der Waals surface area contributed by atoms with Crippen molar-refractivity contribution in [1.82, 2.24) is 15.5 Å². The van der Waals surface area contributed by atoms with E-state index in [2.05, 4.69) is 44.3 Å². The van der Waals surface area contributed by atoms with E-state index in [1.165, 1.54) is 12.0 Å². The van der Waals surface area contributed by atoms with Crippen LogP contribution in [0.1, 0.15) is 11.4 Å². The molecule has 2 aromatic rings. The first-order valence-corrected chi connectivity index (χ1v) is 5.13. The minimum absolute atomic E-state index is 0.621. The lowest BCUT2D eigenvalue weighted by molar-refractivity contribution is 0.408. The smallest absolute Gasteiger partial charge is 0.213 e. The summed E-state index contributed by atoms with van der Waals surface area (Å²) in [7, 11) is 0. The summed E-state index contributed by atoms with van der Waals surface area (Å²) in [6.45, 7) is 1.40. The SMILES string of the molecule is C(=C\c1ccccc1)/CNCc1ncon1. The summed E-state index contributed by atoms with van der Waals surface area (Å²) in [4.78, 5) is 3.91. The molecule has 1 aromatic carbocycles. The topological polar surface area (TPSA) is 51.0 Å². The first-order chi connectivity index (χ1) is 7.95. The quantitative estimate of drug-likeness (QED) is 0.773. The molecule has 0 bridgehead atoms. The van der Waals surface area contributed by atoms with Crippen molar-refractivity contribution in [2.45, 2.75) is 6.54 Å². The second kappa shape index (κ2) is 5.82. The number of nitrogens with one attached hydrogen (secondary N) is 1. The van der Waals surface area contributed by atoms with Gasteiger partial charge in [0.1, 0.15) is 0 Å². The van der Waals surface area contributed by atoms with Gasteiger partial charge in [0.05, 0.1) is 6.54 Å². The number of nitrogens with zero attached hydrogens (tertiary/aromatic N) is 2. The Kier molecular flexibility index (Phi) is 3.85. The highest BCUT2D eigenvalue weighted by Crippen LogP contribution is 1.99. The first-order valence-electron chi connectivity index (χ1n) is 5.13. The molecule has 0 aliphatic carbocycles. The summed E-state index contributed by atoms with van der Waals surface area (Å²) >= 11 is 0. The van der Waals surface area contributed by atoms with Crippen molar-refractivity contribution in [2.24, 2.45) is 0 Å². The molecule has 1 N–H and O–H groups in total. The van der Waals surface area contributed by atoms with Crippen LogP contribution in [0.15, 0.2) is 47.3 Å². The van der Waals surface area contributed by atoms with Gasteiger partial charge in [-0.1, -0.05) is 47.6 Å². The maximum Gasteiger partial charge on any atom is 0.213 e. The highest BCUT2D eigenvalue weighted by molar-refractivity contribution is 5.48. The van der Waals surface area contributed by atoms with Crippen LogP contribution in [0.25, 0.3) is 6.08 Å². The summed E-state index contributed by atoms with van der Waals surface area (Å²) in [5.74, 6) is 0.674. The lowest BCUT2D eigenvalue weighted by Gasteiger charge is -1.95. The van der Waals surface area contributed by atoms with Crippen LogP contribution in [-0.2, 0) is 6.54 Å². The van der Waals surface area contributed by atoms with Crippen molar-refractivity contribution >= 4 is 6.08 Å². The molecule has 1 aromatic heterocycles. The molecule has 0 fully saturated rings. The highest BCUT2D eigenvalue weighted by atomic mass is 16.5. The van der Waals surface area contributed by atoms with Crippen molar-refractivity contribution in [3.8, 4) is 0 Å². The van der Waals surface area contributed by atoms with Crippen LogP contribution in [0.5, 0.6) is 0 Å². The van der Waals surface area contributed by atoms with Gasteiger partial charge < -0.3 is 9.84 Å². The first kappa shape index (κ1) is 10.6. The molecular formula is C12H13N3O. The Labute approximate surface area is 94.0 Å². The van der Waals surface area contributed by atoms with Gasteiger partial charge in [-0.2, -0.15) is 4.98 Å². The van der Waals surface area contributed by atoms with Gasteiger partial charge in [-0.05, 0) is 5.56 Å². The summed E-state index contributed by atoms with van der Waals surface area (Å²) in [5, 5.41) is 6.89. The van der Waals surface area contributed by atoms with E-state index in [0.29, 0.717) is 12.4 Å². The van der Waals surface area contributed by atoms with Crippen LogP contribution in [0.4, 0.5) is 0 Å². The minimum Gasteiger partial charge on any atom is -0.343 e. The molecule has 82 valence electrons. The summed E-state index contributed by atoms with van der Waals surface area (Å²) < 4.78 is 4.62. The van der Waals surface area contributed by atoms with Crippen molar-refractivity contribution in [1.29, 1.82) is 0 Å². The fraction of sp³-hybridized carbons (Fsp3) is 0.167. The van der Waals surface area contributed by atoms with E-state index in [-0.39, 0.29) is 0 Å². The lowest BCUT2D eigenvalue weighted by atomic mass is 10.2. The Morgan fingerprint density at radius 1 is 1.25 bits per heavy atom. The third-order valence-corrected chi connectivity index (χ3v) is 2.06. The molecule has 1 heterocycles. The van der Waals surface area contributed by atoms with Gasteiger partial charge in [0.2, 0.25) is 6.39 Å². The molecule has 0 aliphatic heterocycles. The van der Waals surface area contributed by atoms with Crippen LogP contribution >= 0.6 is 0 Å². The van der Waals surface area contributed by atoms with Crippen LogP contribution in [0.2, 0.25) is 0 Å². The van der Waals surface area contributed by atoms with Gasteiger partial charge in [-0.25, -0.2) is 0 Å². The molecule has 2 rings (SSSR count). The molecule has 0 radical (unpaired) electrons. The second-order valence-corrected chi connectivity index (χ2v) is 3.29. The molecule has 4 heteroatoms. The molecule has 0 amide bonds. The Bertz CT molecular complexity index is 423. The zero-order valence-electron chi connectivity index (χ0n) is 8.84. The molecule has 4 nitrogen and oxygen atoms in total.